The summed E-state index contributed by atoms with van der Waals surface area (Å²) in [6.45, 7) is 4.57. The van der Waals surface area contributed by atoms with Gasteiger partial charge in [-0.1, -0.05) is 25.0 Å². The molecule has 0 radical (unpaired) electrons. The van der Waals surface area contributed by atoms with Gasteiger partial charge in [-0.05, 0) is 32.1 Å². The minimum atomic E-state index is 0.840. The summed E-state index contributed by atoms with van der Waals surface area (Å²) in [5.74, 6) is 0.840. The number of rotatable bonds is 0. The second-order valence-corrected chi connectivity index (χ2v) is 3.24. The van der Waals surface area contributed by atoms with Gasteiger partial charge in [-0.15, -0.1) is 0 Å². The van der Waals surface area contributed by atoms with Gasteiger partial charge in [0.15, 0.2) is 0 Å². The first kappa shape index (κ1) is 6.85. The minimum Gasteiger partial charge on any atom is -0.0828 e. The maximum Gasteiger partial charge on any atom is -0.0259 e. The molecule has 1 aliphatic carbocycles. The Morgan fingerprint density at radius 1 is 1.44 bits per heavy atom. The van der Waals surface area contributed by atoms with Gasteiger partial charge in [0.2, 0.25) is 0 Å². The molecule has 0 nitrogen and oxygen atoms in total. The lowest BCUT2D eigenvalue weighted by Gasteiger charge is -1.99. The summed E-state index contributed by atoms with van der Waals surface area (Å²) in [5.41, 5.74) is 1.60. The van der Waals surface area contributed by atoms with Crippen molar-refractivity contribution in [3.05, 3.63) is 11.6 Å². The van der Waals surface area contributed by atoms with Crippen LogP contribution in [0.5, 0.6) is 0 Å². The summed E-state index contributed by atoms with van der Waals surface area (Å²) >= 11 is 0. The van der Waals surface area contributed by atoms with Gasteiger partial charge in [-0.25, -0.2) is 0 Å². The van der Waals surface area contributed by atoms with E-state index in [4.69, 9.17) is 0 Å². The highest BCUT2D eigenvalue weighted by Gasteiger charge is 2.03. The predicted molar refractivity (Wildman–Crippen MR) is 41.4 cm³/mol. The van der Waals surface area contributed by atoms with Crippen molar-refractivity contribution in [2.75, 3.05) is 0 Å². The average Bonchev–Trinajstić information content (AvgIpc) is 1.93. The molecule has 0 fully saturated rings. The Balaban J connectivity index is 2.49. The van der Waals surface area contributed by atoms with Crippen LogP contribution < -0.4 is 0 Å². The fourth-order valence-electron chi connectivity index (χ4n) is 1.52. The molecule has 0 saturated carbocycles. The van der Waals surface area contributed by atoms with E-state index in [0.717, 1.165) is 5.92 Å². The Bertz CT molecular complexity index is 111. The molecule has 0 aromatic carbocycles. The van der Waals surface area contributed by atoms with Gasteiger partial charge in [0.05, 0.1) is 0 Å². The van der Waals surface area contributed by atoms with Crippen LogP contribution in [0.25, 0.3) is 0 Å². The van der Waals surface area contributed by atoms with E-state index < -0.39 is 0 Å². The highest BCUT2D eigenvalue weighted by atomic mass is 14.1. The Kier molecular flexibility index (Phi) is 2.32. The molecule has 0 bridgehead atoms. The fraction of sp³-hybridized carbons (Fsp3) is 0.778. The first-order chi connectivity index (χ1) is 4.29. The van der Waals surface area contributed by atoms with Crippen LogP contribution in [-0.4, -0.2) is 0 Å². The van der Waals surface area contributed by atoms with Crippen molar-refractivity contribution in [3.8, 4) is 0 Å². The van der Waals surface area contributed by atoms with Crippen LogP contribution in [-0.2, 0) is 0 Å². The molecule has 0 aromatic rings. The van der Waals surface area contributed by atoms with Crippen LogP contribution in [0.1, 0.15) is 39.5 Å². The normalized spacial score (nSPS) is 29.1. The van der Waals surface area contributed by atoms with Crippen molar-refractivity contribution in [2.24, 2.45) is 5.92 Å². The van der Waals surface area contributed by atoms with Crippen LogP contribution in [0.2, 0.25) is 0 Å². The average molecular weight is 124 g/mol. The van der Waals surface area contributed by atoms with E-state index in [1.165, 1.54) is 25.7 Å². The van der Waals surface area contributed by atoms with Crippen molar-refractivity contribution < 1.29 is 0 Å². The van der Waals surface area contributed by atoms with Crippen LogP contribution in [0.3, 0.4) is 0 Å². The van der Waals surface area contributed by atoms with Gasteiger partial charge in [-0.2, -0.15) is 0 Å². The number of allylic oxidation sites excluding steroid dienone is 2. The molecule has 1 atom stereocenters. The van der Waals surface area contributed by atoms with E-state index in [-0.39, 0.29) is 0 Å². The molecule has 0 saturated heterocycles. The van der Waals surface area contributed by atoms with E-state index >= 15 is 0 Å². The zero-order valence-corrected chi connectivity index (χ0v) is 6.48. The van der Waals surface area contributed by atoms with E-state index in [1.807, 2.05) is 0 Å². The second kappa shape index (κ2) is 3.05. The molecule has 1 aliphatic rings. The Morgan fingerprint density at radius 2 is 2.22 bits per heavy atom. The maximum atomic E-state index is 2.42. The molecule has 9 heavy (non-hydrogen) atoms. The Morgan fingerprint density at radius 3 is 3.00 bits per heavy atom. The molecule has 52 valence electrons. The van der Waals surface area contributed by atoms with Gasteiger partial charge in [0, 0.05) is 0 Å². The van der Waals surface area contributed by atoms with E-state index in [2.05, 4.69) is 19.9 Å². The largest absolute Gasteiger partial charge is 0.0828 e. The lowest BCUT2D eigenvalue weighted by Crippen LogP contribution is -1.85. The molecule has 0 heteroatoms. The number of hydrogen-bond donors (Lipinski definition) is 0. The molecular weight excluding hydrogens is 108 g/mol. The third-order valence-corrected chi connectivity index (χ3v) is 2.05. The molecule has 0 N–H and O–H groups in total. The topological polar surface area (TPSA) is 0 Å². The van der Waals surface area contributed by atoms with Gasteiger partial charge in [0.1, 0.15) is 0 Å². The van der Waals surface area contributed by atoms with Crippen molar-refractivity contribution in [2.45, 2.75) is 39.5 Å². The van der Waals surface area contributed by atoms with E-state index in [0.29, 0.717) is 0 Å². The molecule has 0 aromatic heterocycles. The molecule has 0 heterocycles. The zero-order valence-electron chi connectivity index (χ0n) is 6.48. The van der Waals surface area contributed by atoms with Crippen molar-refractivity contribution in [3.63, 3.8) is 0 Å². The summed E-state index contributed by atoms with van der Waals surface area (Å²) in [6.07, 6.45) is 8.00. The van der Waals surface area contributed by atoms with Gasteiger partial charge in [-0.3, -0.25) is 0 Å². The smallest absolute Gasteiger partial charge is 0.0259 e. The first-order valence-electron chi connectivity index (χ1n) is 3.96. The Labute approximate surface area is 58.0 Å². The standard InChI is InChI=1S/C9H16/c1-8-5-3-4-6-9(2)7-8/h7-8H,3-6H2,1-2H3. The highest BCUT2D eigenvalue weighted by molar-refractivity contribution is 5.01. The quantitative estimate of drug-likeness (QED) is 0.435. The monoisotopic (exact) mass is 124 g/mol. The van der Waals surface area contributed by atoms with Crippen molar-refractivity contribution in [1.29, 1.82) is 0 Å². The number of hydrogen-bond acceptors (Lipinski definition) is 0. The molecule has 1 rings (SSSR count). The van der Waals surface area contributed by atoms with Gasteiger partial charge in [0.25, 0.3) is 0 Å². The molecule has 0 amide bonds. The minimum absolute atomic E-state index is 0.840. The van der Waals surface area contributed by atoms with Gasteiger partial charge >= 0.3 is 0 Å². The lowest BCUT2D eigenvalue weighted by atomic mass is 10.1. The molecule has 0 spiro atoms. The lowest BCUT2D eigenvalue weighted by molar-refractivity contribution is 0.604. The van der Waals surface area contributed by atoms with E-state index in [9.17, 15) is 0 Å². The first-order valence-corrected chi connectivity index (χ1v) is 3.96. The summed E-state index contributed by atoms with van der Waals surface area (Å²) in [5, 5.41) is 0. The SMILES string of the molecule is CC1=CC(C)CCCC1. The summed E-state index contributed by atoms with van der Waals surface area (Å²) < 4.78 is 0. The highest BCUT2D eigenvalue weighted by Crippen LogP contribution is 2.20. The molecule has 0 aliphatic heterocycles. The maximum absolute atomic E-state index is 2.42. The van der Waals surface area contributed by atoms with Crippen LogP contribution in [0, 0.1) is 5.92 Å². The Hall–Kier alpha value is -0.260. The van der Waals surface area contributed by atoms with Gasteiger partial charge < -0.3 is 0 Å². The predicted octanol–water partition coefficient (Wildman–Crippen LogP) is 3.14. The molecule has 1 unspecified atom stereocenters. The van der Waals surface area contributed by atoms with Crippen molar-refractivity contribution >= 4 is 0 Å². The van der Waals surface area contributed by atoms with Crippen LogP contribution >= 0.6 is 0 Å². The van der Waals surface area contributed by atoms with E-state index in [1.54, 1.807) is 5.57 Å². The zero-order chi connectivity index (χ0) is 6.69. The fourth-order valence-corrected chi connectivity index (χ4v) is 1.52. The third-order valence-electron chi connectivity index (χ3n) is 2.05. The summed E-state index contributed by atoms with van der Waals surface area (Å²) in [7, 11) is 0. The van der Waals surface area contributed by atoms with Crippen LogP contribution in [0.15, 0.2) is 11.6 Å². The second-order valence-electron chi connectivity index (χ2n) is 3.24. The third kappa shape index (κ3) is 2.21. The summed E-state index contributed by atoms with van der Waals surface area (Å²) in [6, 6.07) is 0. The van der Waals surface area contributed by atoms with Crippen LogP contribution in [0.4, 0.5) is 0 Å². The van der Waals surface area contributed by atoms with Crippen molar-refractivity contribution in [1.82, 2.24) is 0 Å². The summed E-state index contributed by atoms with van der Waals surface area (Å²) in [4.78, 5) is 0. The molecular formula is C9H16.